The summed E-state index contributed by atoms with van der Waals surface area (Å²) in [5.41, 5.74) is 2.56. The van der Waals surface area contributed by atoms with E-state index in [2.05, 4.69) is 16.7 Å². The molecule has 2 aromatic carbocycles. The maximum atomic E-state index is 9.52. The third kappa shape index (κ3) is 3.39. The Morgan fingerprint density at radius 1 is 0.960 bits per heavy atom. The summed E-state index contributed by atoms with van der Waals surface area (Å²) < 4.78 is 5.84. The number of para-hydroxylation sites is 2. The van der Waals surface area contributed by atoms with Crippen LogP contribution in [0.15, 0.2) is 86.7 Å². The number of nitrogens with zero attached hydrogens (tertiary/aromatic N) is 1. The normalized spacial score (nSPS) is 13.6. The van der Waals surface area contributed by atoms with Crippen LogP contribution < -0.4 is 10.6 Å². The third-order valence-electron chi connectivity index (χ3n) is 3.83. The van der Waals surface area contributed by atoms with E-state index in [1.165, 1.54) is 0 Å². The van der Waals surface area contributed by atoms with Gasteiger partial charge in [0.2, 0.25) is 0 Å². The fourth-order valence-corrected chi connectivity index (χ4v) is 3.44. The SMILES string of the molecule is N#C/C(=C\c1ccc(Sc2ccccc2)o1)C1Nc2ccccc2N1. The van der Waals surface area contributed by atoms with Crippen LogP contribution in [0.2, 0.25) is 0 Å². The van der Waals surface area contributed by atoms with Crippen LogP contribution in [-0.4, -0.2) is 6.17 Å². The Labute approximate surface area is 150 Å². The molecule has 5 heteroatoms. The highest BCUT2D eigenvalue weighted by Gasteiger charge is 2.22. The van der Waals surface area contributed by atoms with Crippen LogP contribution in [0.4, 0.5) is 11.4 Å². The van der Waals surface area contributed by atoms with Gasteiger partial charge in [0.1, 0.15) is 11.9 Å². The smallest absolute Gasteiger partial charge is 0.165 e. The summed E-state index contributed by atoms with van der Waals surface area (Å²) >= 11 is 1.56. The van der Waals surface area contributed by atoms with E-state index in [-0.39, 0.29) is 6.17 Å². The van der Waals surface area contributed by atoms with Gasteiger partial charge in [0.15, 0.2) is 5.09 Å². The van der Waals surface area contributed by atoms with Crippen molar-refractivity contribution in [3.63, 3.8) is 0 Å². The average Bonchev–Trinajstić information content (AvgIpc) is 3.27. The van der Waals surface area contributed by atoms with Gasteiger partial charge in [0.25, 0.3) is 0 Å². The molecule has 1 aromatic heterocycles. The summed E-state index contributed by atoms with van der Waals surface area (Å²) in [6, 6.07) is 24.0. The molecule has 0 atom stereocenters. The Kier molecular flexibility index (Phi) is 4.19. The van der Waals surface area contributed by atoms with Crippen LogP contribution in [0.25, 0.3) is 6.08 Å². The first-order chi connectivity index (χ1) is 12.3. The van der Waals surface area contributed by atoms with Crippen LogP contribution in [0, 0.1) is 11.3 Å². The second kappa shape index (κ2) is 6.80. The minimum Gasteiger partial charge on any atom is -0.450 e. The van der Waals surface area contributed by atoms with E-state index in [1.807, 2.05) is 66.7 Å². The molecule has 0 bridgehead atoms. The van der Waals surface area contributed by atoms with Crippen molar-refractivity contribution in [2.24, 2.45) is 0 Å². The number of benzene rings is 2. The van der Waals surface area contributed by atoms with Crippen LogP contribution in [-0.2, 0) is 0 Å². The summed E-state index contributed by atoms with van der Waals surface area (Å²) in [6.45, 7) is 0. The number of rotatable bonds is 4. The summed E-state index contributed by atoms with van der Waals surface area (Å²) in [4.78, 5) is 1.11. The van der Waals surface area contributed by atoms with Gasteiger partial charge in [0.05, 0.1) is 23.0 Å². The molecule has 0 radical (unpaired) electrons. The van der Waals surface area contributed by atoms with Crippen molar-refractivity contribution in [2.45, 2.75) is 16.2 Å². The van der Waals surface area contributed by atoms with E-state index in [1.54, 1.807) is 17.8 Å². The number of hydrogen-bond donors (Lipinski definition) is 2. The quantitative estimate of drug-likeness (QED) is 0.636. The number of hydrogen-bond acceptors (Lipinski definition) is 5. The van der Waals surface area contributed by atoms with Crippen LogP contribution in [0.3, 0.4) is 0 Å². The minimum absolute atomic E-state index is 0.252. The zero-order chi connectivity index (χ0) is 17.1. The van der Waals surface area contributed by atoms with Gasteiger partial charge in [-0.25, -0.2) is 0 Å². The van der Waals surface area contributed by atoms with Crippen molar-refractivity contribution in [2.75, 3.05) is 10.6 Å². The number of anilines is 2. The number of nitrogens with one attached hydrogen (secondary N) is 2. The predicted octanol–water partition coefficient (Wildman–Crippen LogP) is 5.20. The van der Waals surface area contributed by atoms with Gasteiger partial charge < -0.3 is 15.1 Å². The maximum absolute atomic E-state index is 9.52. The molecule has 0 spiro atoms. The molecule has 0 aliphatic carbocycles. The first-order valence-electron chi connectivity index (χ1n) is 7.88. The number of nitriles is 1. The van der Waals surface area contributed by atoms with Crippen LogP contribution in [0.5, 0.6) is 0 Å². The molecule has 0 unspecified atom stereocenters. The Morgan fingerprint density at radius 2 is 1.64 bits per heavy atom. The van der Waals surface area contributed by atoms with Gasteiger partial charge in [-0.2, -0.15) is 5.26 Å². The third-order valence-corrected chi connectivity index (χ3v) is 4.76. The molecule has 4 nitrogen and oxygen atoms in total. The molecule has 3 aromatic rings. The molecule has 25 heavy (non-hydrogen) atoms. The highest BCUT2D eigenvalue weighted by atomic mass is 32.2. The van der Waals surface area contributed by atoms with Crippen molar-refractivity contribution < 1.29 is 4.42 Å². The van der Waals surface area contributed by atoms with Crippen LogP contribution in [0.1, 0.15) is 5.76 Å². The molecule has 2 heterocycles. The minimum atomic E-state index is -0.252. The summed E-state index contributed by atoms with van der Waals surface area (Å²) in [7, 11) is 0. The maximum Gasteiger partial charge on any atom is 0.165 e. The van der Waals surface area contributed by atoms with Crippen molar-refractivity contribution in [1.82, 2.24) is 0 Å². The fourth-order valence-electron chi connectivity index (χ4n) is 2.64. The summed E-state index contributed by atoms with van der Waals surface area (Å²) in [6.07, 6.45) is 1.52. The highest BCUT2D eigenvalue weighted by molar-refractivity contribution is 7.99. The molecule has 1 aliphatic rings. The zero-order valence-electron chi connectivity index (χ0n) is 13.3. The van der Waals surface area contributed by atoms with Crippen molar-refractivity contribution in [1.29, 1.82) is 5.26 Å². The van der Waals surface area contributed by atoms with Crippen molar-refractivity contribution in [3.8, 4) is 6.07 Å². The van der Waals surface area contributed by atoms with E-state index >= 15 is 0 Å². The molecule has 4 rings (SSSR count). The predicted molar refractivity (Wildman–Crippen MR) is 100 cm³/mol. The van der Waals surface area contributed by atoms with Crippen molar-refractivity contribution in [3.05, 3.63) is 78.1 Å². The molecule has 0 saturated heterocycles. The van der Waals surface area contributed by atoms with E-state index in [9.17, 15) is 5.26 Å². The van der Waals surface area contributed by atoms with Crippen molar-refractivity contribution >= 4 is 29.2 Å². The van der Waals surface area contributed by atoms with Gasteiger partial charge in [0, 0.05) is 4.90 Å². The Bertz CT molecular complexity index is 931. The zero-order valence-corrected chi connectivity index (χ0v) is 14.1. The summed E-state index contributed by atoms with van der Waals surface area (Å²) in [5.74, 6) is 0.662. The van der Waals surface area contributed by atoms with E-state index in [0.29, 0.717) is 11.3 Å². The molecule has 0 fully saturated rings. The summed E-state index contributed by atoms with van der Waals surface area (Å²) in [5, 5.41) is 16.9. The van der Waals surface area contributed by atoms with Crippen LogP contribution >= 0.6 is 11.8 Å². The number of furan rings is 1. The first kappa shape index (κ1) is 15.4. The first-order valence-corrected chi connectivity index (χ1v) is 8.70. The van der Waals surface area contributed by atoms with E-state index in [0.717, 1.165) is 21.4 Å². The lowest BCUT2D eigenvalue weighted by Gasteiger charge is -2.10. The standard InChI is InChI=1S/C20H15N3OS/c21-13-14(20-22-17-8-4-5-9-18(17)23-20)12-15-10-11-19(24-15)25-16-6-2-1-3-7-16/h1-12,20,22-23H/b14-12+. The Balaban J connectivity index is 1.51. The molecular formula is C20H15N3OS. The Hall–Kier alpha value is -3.10. The van der Waals surface area contributed by atoms with Gasteiger partial charge in [-0.3, -0.25) is 0 Å². The van der Waals surface area contributed by atoms with Gasteiger partial charge >= 0.3 is 0 Å². The lowest BCUT2D eigenvalue weighted by molar-refractivity contribution is 0.466. The van der Waals surface area contributed by atoms with Gasteiger partial charge in [-0.05, 0) is 42.5 Å². The van der Waals surface area contributed by atoms with E-state index in [4.69, 9.17) is 4.42 Å². The molecule has 1 aliphatic heterocycles. The second-order valence-electron chi connectivity index (χ2n) is 5.55. The highest BCUT2D eigenvalue weighted by Crippen LogP contribution is 2.32. The molecule has 0 saturated carbocycles. The van der Waals surface area contributed by atoms with Gasteiger partial charge in [-0.15, -0.1) is 0 Å². The lowest BCUT2D eigenvalue weighted by Crippen LogP contribution is -2.23. The number of fused-ring (bicyclic) bond motifs is 1. The lowest BCUT2D eigenvalue weighted by atomic mass is 10.2. The van der Waals surface area contributed by atoms with Gasteiger partial charge in [-0.1, -0.05) is 42.1 Å². The molecule has 122 valence electrons. The molecule has 0 amide bonds. The van der Waals surface area contributed by atoms with E-state index < -0.39 is 0 Å². The molecular weight excluding hydrogens is 330 g/mol. The Morgan fingerprint density at radius 3 is 2.32 bits per heavy atom. The largest absolute Gasteiger partial charge is 0.450 e. The average molecular weight is 345 g/mol. The fraction of sp³-hybridized carbons (Fsp3) is 0.0500. The topological polar surface area (TPSA) is 61.0 Å². The monoisotopic (exact) mass is 345 g/mol. The molecule has 2 N–H and O–H groups in total. The second-order valence-corrected chi connectivity index (χ2v) is 6.63.